The molecule has 0 saturated carbocycles. The highest BCUT2D eigenvalue weighted by Crippen LogP contribution is 2.14. The van der Waals surface area contributed by atoms with E-state index in [4.69, 9.17) is 14.2 Å². The molecule has 1 unspecified atom stereocenters. The summed E-state index contributed by atoms with van der Waals surface area (Å²) < 4.78 is 17.5. The number of ether oxygens (including phenoxy) is 3. The zero-order valence-electron chi connectivity index (χ0n) is 45.1. The predicted molar refractivity (Wildman–Crippen MR) is 297 cm³/mol. The Morgan fingerprint density at radius 1 is 0.338 bits per heavy atom. The molecule has 0 rings (SSSR count). The summed E-state index contributed by atoms with van der Waals surface area (Å²) in [6, 6.07) is 0. The summed E-state index contributed by atoms with van der Waals surface area (Å²) in [5.74, 6) is -0.420. The zero-order valence-corrected chi connectivity index (χ0v) is 45.1. The van der Waals surface area contributed by atoms with Gasteiger partial charge < -0.3 is 14.2 Å². The van der Waals surface area contributed by atoms with Gasteiger partial charge in [0.2, 0.25) is 0 Å². The second-order valence-corrected chi connectivity index (χ2v) is 19.2. The van der Waals surface area contributed by atoms with Crippen LogP contribution in [0.2, 0.25) is 0 Å². The third-order valence-corrected chi connectivity index (χ3v) is 12.4. The molecule has 0 heterocycles. The average Bonchev–Trinajstić information content (AvgIpc) is 3.34. The fourth-order valence-corrected chi connectivity index (χ4v) is 8.06. The molecular weight excluding hydrogens is 837 g/mol. The summed E-state index contributed by atoms with van der Waals surface area (Å²) in [4.78, 5) is 25.5. The van der Waals surface area contributed by atoms with E-state index in [1.165, 1.54) is 154 Å². The molecular formula is C63H110O5. The van der Waals surface area contributed by atoms with Crippen molar-refractivity contribution >= 4 is 11.9 Å². The Morgan fingerprint density at radius 3 is 1.10 bits per heavy atom. The van der Waals surface area contributed by atoms with Crippen LogP contribution in [-0.2, 0) is 23.8 Å². The smallest absolute Gasteiger partial charge is 0.306 e. The van der Waals surface area contributed by atoms with E-state index in [0.29, 0.717) is 19.4 Å². The molecule has 392 valence electrons. The Balaban J connectivity index is 4.33. The molecule has 0 saturated heterocycles. The Hall–Kier alpha value is -2.92. The van der Waals surface area contributed by atoms with Crippen LogP contribution in [0.4, 0.5) is 0 Å². The molecule has 5 nitrogen and oxygen atoms in total. The monoisotopic (exact) mass is 947 g/mol. The number of hydrogen-bond acceptors (Lipinski definition) is 5. The quantitative estimate of drug-likeness (QED) is 0.0345. The Bertz CT molecular complexity index is 1250. The van der Waals surface area contributed by atoms with Crippen molar-refractivity contribution in [1.29, 1.82) is 0 Å². The molecule has 0 amide bonds. The van der Waals surface area contributed by atoms with Gasteiger partial charge in [0.05, 0.1) is 6.61 Å². The van der Waals surface area contributed by atoms with Gasteiger partial charge in [0, 0.05) is 19.4 Å². The lowest BCUT2D eigenvalue weighted by atomic mass is 10.1. The van der Waals surface area contributed by atoms with Crippen LogP contribution in [0.1, 0.15) is 278 Å². The summed E-state index contributed by atoms with van der Waals surface area (Å²) in [5.41, 5.74) is 0. The van der Waals surface area contributed by atoms with Crippen molar-refractivity contribution < 1.29 is 23.8 Å². The average molecular weight is 948 g/mol. The Labute approximate surface area is 422 Å². The number of carbonyl (C=O) groups excluding carboxylic acids is 2. The molecule has 0 spiro atoms. The second kappa shape index (κ2) is 58.4. The molecule has 0 N–H and O–H groups in total. The minimum Gasteiger partial charge on any atom is -0.462 e. The van der Waals surface area contributed by atoms with E-state index in [-0.39, 0.29) is 25.2 Å². The van der Waals surface area contributed by atoms with Gasteiger partial charge in [-0.3, -0.25) is 9.59 Å². The molecule has 0 aliphatic heterocycles. The van der Waals surface area contributed by atoms with E-state index >= 15 is 0 Å². The maximum atomic E-state index is 12.9. The lowest BCUT2D eigenvalue weighted by Crippen LogP contribution is -2.30. The first kappa shape index (κ1) is 65.1. The van der Waals surface area contributed by atoms with Crippen molar-refractivity contribution in [2.75, 3.05) is 19.8 Å². The SMILES string of the molecule is CC/C=C\C/C=C\C/C=C\C/C=C\CCCCCCCCC(=O)OCC(COCCCCCCCC/C=C\CCCCCCCC)OC(=O)CCCCCCCCC/C=C\C/C=C\CCCCC. The first-order valence-electron chi connectivity index (χ1n) is 29.1. The van der Waals surface area contributed by atoms with E-state index in [2.05, 4.69) is 106 Å². The number of unbranched alkanes of at least 4 members (excludes halogenated alkanes) is 28. The van der Waals surface area contributed by atoms with Gasteiger partial charge in [-0.2, -0.15) is 0 Å². The highest BCUT2D eigenvalue weighted by Gasteiger charge is 2.17. The number of esters is 2. The number of hydrogen-bond donors (Lipinski definition) is 0. The largest absolute Gasteiger partial charge is 0.462 e. The van der Waals surface area contributed by atoms with Crippen molar-refractivity contribution in [3.8, 4) is 0 Å². The van der Waals surface area contributed by atoms with Crippen LogP contribution in [0.3, 0.4) is 0 Å². The fourth-order valence-electron chi connectivity index (χ4n) is 8.06. The predicted octanol–water partition coefficient (Wildman–Crippen LogP) is 20.0. The standard InChI is InChI=1S/C63H110O5/c1-4-7-10-13-16-19-22-25-28-31-32-34-35-38-41-44-47-50-53-56-62(64)67-60-61(59-66-58-55-52-49-46-43-40-37-30-27-24-21-18-15-12-9-6-3)68-63(65)57-54-51-48-45-42-39-36-33-29-26-23-20-17-14-11-8-5-2/h7,10,16-17,19-20,25-30,32,34,61H,4-6,8-9,11-15,18,21-24,31,33,35-60H2,1-3H3/b10-7-,19-16-,20-17-,28-25-,29-26-,30-27-,34-32-. The van der Waals surface area contributed by atoms with Gasteiger partial charge in [-0.15, -0.1) is 0 Å². The van der Waals surface area contributed by atoms with Gasteiger partial charge in [0.25, 0.3) is 0 Å². The minimum atomic E-state index is -0.554. The normalized spacial score (nSPS) is 12.8. The Kier molecular flexibility index (Phi) is 55.9. The first-order valence-corrected chi connectivity index (χ1v) is 29.1. The van der Waals surface area contributed by atoms with Crippen molar-refractivity contribution in [3.05, 3.63) is 85.1 Å². The molecule has 1 atom stereocenters. The van der Waals surface area contributed by atoms with Gasteiger partial charge in [-0.1, -0.05) is 234 Å². The summed E-state index contributed by atoms with van der Waals surface area (Å²) in [7, 11) is 0. The topological polar surface area (TPSA) is 61.8 Å². The number of allylic oxidation sites excluding steroid dienone is 14. The third kappa shape index (κ3) is 55.7. The molecule has 0 aromatic rings. The maximum absolute atomic E-state index is 12.9. The van der Waals surface area contributed by atoms with Gasteiger partial charge >= 0.3 is 11.9 Å². The van der Waals surface area contributed by atoms with Crippen LogP contribution in [-0.4, -0.2) is 37.9 Å². The van der Waals surface area contributed by atoms with E-state index in [1.54, 1.807) is 0 Å². The van der Waals surface area contributed by atoms with Gasteiger partial charge in [0.15, 0.2) is 6.10 Å². The van der Waals surface area contributed by atoms with Gasteiger partial charge in [0.1, 0.15) is 6.61 Å². The molecule has 0 radical (unpaired) electrons. The van der Waals surface area contributed by atoms with Crippen LogP contribution in [0, 0.1) is 0 Å². The Morgan fingerprint density at radius 2 is 0.662 bits per heavy atom. The molecule has 0 aromatic heterocycles. The van der Waals surface area contributed by atoms with E-state index in [0.717, 1.165) is 89.9 Å². The molecule has 0 fully saturated rings. The molecule has 68 heavy (non-hydrogen) atoms. The van der Waals surface area contributed by atoms with Crippen molar-refractivity contribution in [2.24, 2.45) is 0 Å². The summed E-state index contributed by atoms with van der Waals surface area (Å²) in [5, 5.41) is 0. The van der Waals surface area contributed by atoms with Crippen LogP contribution in [0.5, 0.6) is 0 Å². The van der Waals surface area contributed by atoms with E-state index in [1.807, 2.05) is 0 Å². The second-order valence-electron chi connectivity index (χ2n) is 19.2. The van der Waals surface area contributed by atoms with Gasteiger partial charge in [-0.05, 0) is 116 Å². The van der Waals surface area contributed by atoms with Crippen LogP contribution >= 0.6 is 0 Å². The van der Waals surface area contributed by atoms with Crippen molar-refractivity contribution in [2.45, 2.75) is 284 Å². The molecule has 0 aliphatic rings. The first-order chi connectivity index (χ1) is 33.6. The van der Waals surface area contributed by atoms with Crippen molar-refractivity contribution in [1.82, 2.24) is 0 Å². The number of rotatable bonds is 53. The fraction of sp³-hybridized carbons (Fsp3) is 0.746. The molecule has 0 aliphatic carbocycles. The highest BCUT2D eigenvalue weighted by atomic mass is 16.6. The molecule has 5 heteroatoms. The summed E-state index contributed by atoms with van der Waals surface area (Å²) >= 11 is 0. The zero-order chi connectivity index (χ0) is 49.2. The van der Waals surface area contributed by atoms with Crippen LogP contribution < -0.4 is 0 Å². The maximum Gasteiger partial charge on any atom is 0.306 e. The van der Waals surface area contributed by atoms with Crippen LogP contribution in [0.15, 0.2) is 85.1 Å². The lowest BCUT2D eigenvalue weighted by Gasteiger charge is -2.18. The van der Waals surface area contributed by atoms with Crippen LogP contribution in [0.25, 0.3) is 0 Å². The summed E-state index contributed by atoms with van der Waals surface area (Å²) in [6.45, 7) is 7.67. The van der Waals surface area contributed by atoms with Crippen molar-refractivity contribution in [3.63, 3.8) is 0 Å². The highest BCUT2D eigenvalue weighted by molar-refractivity contribution is 5.70. The number of carbonyl (C=O) groups is 2. The third-order valence-electron chi connectivity index (χ3n) is 12.4. The van der Waals surface area contributed by atoms with Gasteiger partial charge in [-0.25, -0.2) is 0 Å². The van der Waals surface area contributed by atoms with E-state index < -0.39 is 6.10 Å². The molecule has 0 aromatic carbocycles. The minimum absolute atomic E-state index is 0.0697. The summed E-state index contributed by atoms with van der Waals surface area (Å²) in [6.07, 6.45) is 77.4. The molecule has 0 bridgehead atoms. The van der Waals surface area contributed by atoms with E-state index in [9.17, 15) is 9.59 Å². The lowest BCUT2D eigenvalue weighted by molar-refractivity contribution is -0.163.